The van der Waals surface area contributed by atoms with Crippen LogP contribution in [0.5, 0.6) is 0 Å². The van der Waals surface area contributed by atoms with Gasteiger partial charge in [0.2, 0.25) is 0 Å². The van der Waals surface area contributed by atoms with Crippen molar-refractivity contribution in [2.75, 3.05) is 0 Å². The molecular weight excluding hydrogens is 569 g/mol. The molecule has 10 rings (SSSR count). The number of furan rings is 1. The molecule has 0 aliphatic heterocycles. The normalized spacial score (nSPS) is 20.7. The molecule has 0 saturated heterocycles. The molecule has 0 atom stereocenters. The first kappa shape index (κ1) is 12.2. The van der Waals surface area contributed by atoms with E-state index < -0.39 is 201 Å². The van der Waals surface area contributed by atoms with Crippen LogP contribution >= 0.6 is 0 Å². The summed E-state index contributed by atoms with van der Waals surface area (Å²) in [6.45, 7) is 3.07. The standard InChI is InChI=1S/C46H32O/c1-46(2)40-23-10-9-18-33(40)36-21-12-22-37(44(36)46)43-34-19-7-5-16-31(34)39(32-17-6-8-20-35(32)43)27-29-14-11-24-41-42(29)38-26-25-28-13-3-4-15-30(28)45(38)47-41/h3-26H,27H2,1-2H3/i3D,4D,5D,6D,7D,8D,9D,10D,11D,12D,13D,14D,15D,16D,17D,18D,19D,20D,21D,22D,23D,24D,25D,26D. The minimum absolute atomic E-state index is 0.0244. The van der Waals surface area contributed by atoms with Crippen LogP contribution in [0.3, 0.4) is 0 Å². The number of hydrogen-bond donors (Lipinski definition) is 0. The van der Waals surface area contributed by atoms with Crippen LogP contribution in [0.2, 0.25) is 0 Å². The van der Waals surface area contributed by atoms with Crippen LogP contribution in [0.4, 0.5) is 0 Å². The minimum Gasteiger partial charge on any atom is -0.455 e. The predicted molar refractivity (Wildman–Crippen MR) is 198 cm³/mol. The first-order chi connectivity index (χ1) is 33.1. The van der Waals surface area contributed by atoms with Crippen molar-refractivity contribution < 1.29 is 37.3 Å². The SMILES string of the molecule is [2H]c1c([2H])c([2H])c2c(c1[2H])-c1c([2H])c([2H])c([2H])c(-c3c4c([2H])c([2H])c([2H])c([2H])c4c(Cc4c([2H])c([2H])c([2H])c5oc6c7c([2H])c([2H])c([2H])c([2H])c7c([2H])c([2H])c6c45)c4c([2H])c([2H])c([2H])c([2H])c34)c1C2(C)C. The maximum absolute atomic E-state index is 9.60. The zero-order valence-corrected chi connectivity index (χ0v) is 24.6. The van der Waals surface area contributed by atoms with E-state index in [4.69, 9.17) is 26.3 Å². The first-order valence-corrected chi connectivity index (χ1v) is 14.6. The van der Waals surface area contributed by atoms with Gasteiger partial charge in [-0.2, -0.15) is 0 Å². The molecule has 1 aliphatic carbocycles. The number of rotatable bonds is 3. The van der Waals surface area contributed by atoms with Gasteiger partial charge in [-0.25, -0.2) is 0 Å². The average Bonchev–Trinajstić information content (AvgIpc) is 3.84. The molecule has 9 aromatic rings. The Bertz CT molecular complexity index is 4010. The summed E-state index contributed by atoms with van der Waals surface area (Å²) >= 11 is 0. The maximum Gasteiger partial charge on any atom is 0.143 e. The van der Waals surface area contributed by atoms with Gasteiger partial charge in [0.15, 0.2) is 0 Å². The second-order valence-corrected chi connectivity index (χ2v) is 11.8. The molecular formula is C46H32O. The number of hydrogen-bond acceptors (Lipinski definition) is 1. The zero-order chi connectivity index (χ0) is 52.2. The Labute approximate surface area is 307 Å². The Kier molecular flexibility index (Phi) is 2.51. The summed E-state index contributed by atoms with van der Waals surface area (Å²) in [6, 6.07) is -17.4. The topological polar surface area (TPSA) is 13.1 Å². The number of benzene rings is 8. The van der Waals surface area contributed by atoms with E-state index in [0.29, 0.717) is 0 Å². The largest absolute Gasteiger partial charge is 0.455 e. The summed E-state index contributed by atoms with van der Waals surface area (Å²) in [7, 11) is 0. The Morgan fingerprint density at radius 2 is 1.15 bits per heavy atom. The lowest BCUT2D eigenvalue weighted by molar-refractivity contribution is 0.662. The van der Waals surface area contributed by atoms with Crippen molar-refractivity contribution in [1.82, 2.24) is 0 Å². The van der Waals surface area contributed by atoms with Gasteiger partial charge in [0, 0.05) is 21.6 Å². The van der Waals surface area contributed by atoms with Gasteiger partial charge in [0.25, 0.3) is 0 Å². The van der Waals surface area contributed by atoms with E-state index in [-0.39, 0.29) is 55.1 Å². The molecule has 1 heterocycles. The summed E-state index contributed by atoms with van der Waals surface area (Å²) < 4.78 is 223. The van der Waals surface area contributed by atoms with Crippen LogP contribution in [-0.2, 0) is 11.8 Å². The summed E-state index contributed by atoms with van der Waals surface area (Å²) in [6.07, 6.45) is -0.785. The van der Waals surface area contributed by atoms with Crippen molar-refractivity contribution >= 4 is 54.3 Å². The number of fused-ring (bicyclic) bond motifs is 10. The molecule has 0 N–H and O–H groups in total. The van der Waals surface area contributed by atoms with E-state index in [1.54, 1.807) is 0 Å². The van der Waals surface area contributed by atoms with Crippen LogP contribution in [0.25, 0.3) is 76.5 Å². The molecule has 0 radical (unpaired) electrons. The quantitative estimate of drug-likeness (QED) is 0.178. The minimum atomic E-state index is -1.59. The van der Waals surface area contributed by atoms with E-state index in [2.05, 4.69) is 0 Å². The van der Waals surface area contributed by atoms with Gasteiger partial charge in [-0.15, -0.1) is 0 Å². The fraction of sp³-hybridized carbons (Fsp3) is 0.0870. The lowest BCUT2D eigenvalue weighted by Gasteiger charge is -2.26. The Balaban J connectivity index is 1.46. The third-order valence-electron chi connectivity index (χ3n) is 8.97. The fourth-order valence-electron chi connectivity index (χ4n) is 6.97. The van der Waals surface area contributed by atoms with Crippen molar-refractivity contribution in [3.63, 3.8) is 0 Å². The van der Waals surface area contributed by atoms with Gasteiger partial charge in [-0.3, -0.25) is 0 Å². The highest BCUT2D eigenvalue weighted by molar-refractivity contribution is 6.18. The molecule has 0 saturated carbocycles. The van der Waals surface area contributed by atoms with E-state index in [9.17, 15) is 11.0 Å². The lowest BCUT2D eigenvalue weighted by Crippen LogP contribution is -2.16. The predicted octanol–water partition coefficient (Wildman–Crippen LogP) is 12.6. The Morgan fingerprint density at radius 1 is 0.532 bits per heavy atom. The molecule has 222 valence electrons. The van der Waals surface area contributed by atoms with E-state index in [0.717, 1.165) is 0 Å². The van der Waals surface area contributed by atoms with Crippen LogP contribution in [0, 0.1) is 0 Å². The van der Waals surface area contributed by atoms with Crippen LogP contribution in [-0.4, -0.2) is 0 Å². The van der Waals surface area contributed by atoms with Crippen LogP contribution in [0.1, 0.15) is 69.0 Å². The summed E-state index contributed by atoms with van der Waals surface area (Å²) in [5.41, 5.74) is -4.33. The molecule has 1 nitrogen and oxygen atoms in total. The van der Waals surface area contributed by atoms with Crippen molar-refractivity contribution in [3.8, 4) is 22.3 Å². The first-order valence-electron chi connectivity index (χ1n) is 26.6. The molecule has 0 fully saturated rings. The Hall–Kier alpha value is -5.66. The van der Waals surface area contributed by atoms with E-state index >= 15 is 0 Å². The van der Waals surface area contributed by atoms with E-state index in [1.165, 1.54) is 13.8 Å². The monoisotopic (exact) mass is 624 g/mol. The molecule has 0 amide bonds. The summed E-state index contributed by atoms with van der Waals surface area (Å²) in [5, 5.41) is -3.16. The van der Waals surface area contributed by atoms with Crippen molar-refractivity contribution in [2.45, 2.75) is 25.7 Å². The van der Waals surface area contributed by atoms with Crippen molar-refractivity contribution in [1.29, 1.82) is 0 Å². The molecule has 1 heteroatoms. The molecule has 1 aliphatic rings. The van der Waals surface area contributed by atoms with Gasteiger partial charge in [0.05, 0.1) is 32.9 Å². The average molecular weight is 625 g/mol. The van der Waals surface area contributed by atoms with Gasteiger partial charge in [0.1, 0.15) is 11.2 Å². The second kappa shape index (κ2) is 9.67. The van der Waals surface area contributed by atoms with Gasteiger partial charge in [-0.1, -0.05) is 147 Å². The highest BCUT2D eigenvalue weighted by atomic mass is 16.3. The maximum atomic E-state index is 9.60. The highest BCUT2D eigenvalue weighted by Crippen LogP contribution is 2.54. The van der Waals surface area contributed by atoms with Gasteiger partial charge >= 0.3 is 0 Å². The second-order valence-electron chi connectivity index (χ2n) is 11.8. The smallest absolute Gasteiger partial charge is 0.143 e. The summed E-state index contributed by atoms with van der Waals surface area (Å²) in [5.74, 6) is 0. The third kappa shape index (κ3) is 3.66. The highest BCUT2D eigenvalue weighted by Gasteiger charge is 2.37. The van der Waals surface area contributed by atoms with Crippen molar-refractivity contribution in [3.05, 3.63) is 167 Å². The zero-order valence-electron chi connectivity index (χ0n) is 48.6. The van der Waals surface area contributed by atoms with Gasteiger partial charge < -0.3 is 4.42 Å². The van der Waals surface area contributed by atoms with E-state index in [1.807, 2.05) is 0 Å². The Morgan fingerprint density at radius 3 is 1.94 bits per heavy atom. The molecule has 0 bridgehead atoms. The lowest BCUT2D eigenvalue weighted by atomic mass is 9.77. The molecule has 1 aromatic heterocycles. The molecule has 0 spiro atoms. The molecule has 0 unspecified atom stereocenters. The van der Waals surface area contributed by atoms with Crippen LogP contribution in [0.15, 0.2) is 149 Å². The molecule has 8 aromatic carbocycles. The van der Waals surface area contributed by atoms with Gasteiger partial charge in [-0.05, 0) is 89.9 Å². The van der Waals surface area contributed by atoms with Crippen molar-refractivity contribution in [2.24, 2.45) is 0 Å². The fourth-order valence-corrected chi connectivity index (χ4v) is 6.97. The molecule has 47 heavy (non-hydrogen) atoms. The third-order valence-corrected chi connectivity index (χ3v) is 8.97. The summed E-state index contributed by atoms with van der Waals surface area (Å²) in [4.78, 5) is 0. The van der Waals surface area contributed by atoms with Crippen LogP contribution < -0.4 is 0 Å².